The summed E-state index contributed by atoms with van der Waals surface area (Å²) >= 11 is 0. The number of fused-ring (bicyclic) bond motifs is 1. The first-order valence-corrected chi connectivity index (χ1v) is 10.2. The van der Waals surface area contributed by atoms with E-state index < -0.39 is 11.9 Å². The molecule has 8 heteroatoms. The van der Waals surface area contributed by atoms with E-state index in [4.69, 9.17) is 9.47 Å². The smallest absolute Gasteiger partial charge is 0.254 e. The van der Waals surface area contributed by atoms with E-state index in [1.54, 1.807) is 49.5 Å². The lowest BCUT2D eigenvalue weighted by Gasteiger charge is -2.28. The Morgan fingerprint density at radius 3 is 2.71 bits per heavy atom. The van der Waals surface area contributed by atoms with E-state index in [0.717, 1.165) is 18.4 Å². The minimum atomic E-state index is -0.939. The predicted molar refractivity (Wildman–Crippen MR) is 114 cm³/mol. The molecule has 0 aliphatic carbocycles. The quantitative estimate of drug-likeness (QED) is 0.770. The molecule has 0 spiro atoms. The van der Waals surface area contributed by atoms with Gasteiger partial charge in [-0.05, 0) is 37.1 Å². The van der Waals surface area contributed by atoms with Crippen molar-refractivity contribution >= 4 is 23.4 Å². The fraction of sp³-hybridized carbons (Fsp3) is 0.348. The van der Waals surface area contributed by atoms with Crippen LogP contribution >= 0.6 is 0 Å². The number of hydrogen-bond donors (Lipinski definition) is 2. The van der Waals surface area contributed by atoms with Crippen molar-refractivity contribution in [3.8, 4) is 11.5 Å². The molecule has 2 aliphatic rings. The first-order valence-electron chi connectivity index (χ1n) is 10.2. The van der Waals surface area contributed by atoms with Gasteiger partial charge in [-0.25, -0.2) is 0 Å². The number of ether oxygens (including phenoxy) is 2. The molecule has 2 unspecified atom stereocenters. The molecular weight excluding hydrogens is 398 g/mol. The van der Waals surface area contributed by atoms with Gasteiger partial charge in [-0.15, -0.1) is 0 Å². The number of likely N-dealkylation sites (tertiary alicyclic amines) is 1. The third-order valence-electron chi connectivity index (χ3n) is 5.80. The Bertz CT molecular complexity index is 1020. The molecule has 4 rings (SSSR count). The highest BCUT2D eigenvalue weighted by Crippen LogP contribution is 2.39. The van der Waals surface area contributed by atoms with Gasteiger partial charge in [0.25, 0.3) is 5.91 Å². The Labute approximate surface area is 180 Å². The normalized spacial score (nSPS) is 20.4. The maximum Gasteiger partial charge on any atom is 0.254 e. The third-order valence-corrected chi connectivity index (χ3v) is 5.80. The van der Waals surface area contributed by atoms with Crippen LogP contribution in [0.5, 0.6) is 11.5 Å². The summed E-state index contributed by atoms with van der Waals surface area (Å²) in [5.74, 6) is 0.367. The number of carbonyl (C=O) groups is 3. The second-order valence-electron chi connectivity index (χ2n) is 7.62. The van der Waals surface area contributed by atoms with Gasteiger partial charge < -0.3 is 25.0 Å². The van der Waals surface area contributed by atoms with Crippen LogP contribution in [0.1, 0.15) is 41.2 Å². The number of nitrogens with zero attached hydrogens (tertiary/aromatic N) is 1. The van der Waals surface area contributed by atoms with Crippen LogP contribution in [0.15, 0.2) is 42.5 Å². The van der Waals surface area contributed by atoms with Gasteiger partial charge in [0.05, 0.1) is 37.9 Å². The number of nitrogens with one attached hydrogen (secondary N) is 2. The molecule has 2 atom stereocenters. The minimum Gasteiger partial charge on any atom is -0.497 e. The largest absolute Gasteiger partial charge is 0.497 e. The van der Waals surface area contributed by atoms with Gasteiger partial charge >= 0.3 is 0 Å². The summed E-state index contributed by atoms with van der Waals surface area (Å²) in [6.07, 6.45) is 1.53. The second kappa shape index (κ2) is 8.67. The standard InChI is InChI=1S/C23H25N3O5/c1-30-14-9-10-16(20(12-14)31-2)19-8-5-11-26(19)21(27)13-18-23(29)24-17-7-4-3-6-15(17)22(28)25-18/h3-4,6-7,9-10,12,18-19H,5,8,11,13H2,1-2H3,(H,24,29)(H,25,28). The summed E-state index contributed by atoms with van der Waals surface area (Å²) in [5, 5.41) is 5.44. The van der Waals surface area contributed by atoms with Crippen LogP contribution in [0.3, 0.4) is 0 Å². The van der Waals surface area contributed by atoms with E-state index in [1.165, 1.54) is 0 Å². The van der Waals surface area contributed by atoms with E-state index in [-0.39, 0.29) is 24.3 Å². The zero-order chi connectivity index (χ0) is 22.0. The average Bonchev–Trinajstić information content (AvgIpc) is 3.24. The third kappa shape index (κ3) is 4.05. The highest BCUT2D eigenvalue weighted by Gasteiger charge is 2.36. The van der Waals surface area contributed by atoms with Crippen LogP contribution in [0.25, 0.3) is 0 Å². The molecule has 0 aromatic heterocycles. The SMILES string of the molecule is COc1ccc(C2CCCN2C(=O)CC2NC(=O)c3ccccc3NC2=O)c(OC)c1. The van der Waals surface area contributed by atoms with Crippen LogP contribution < -0.4 is 20.1 Å². The molecule has 0 bridgehead atoms. The summed E-state index contributed by atoms with van der Waals surface area (Å²) in [6.45, 7) is 0.585. The van der Waals surface area contributed by atoms with Gasteiger partial charge in [0.2, 0.25) is 11.8 Å². The van der Waals surface area contributed by atoms with Crippen molar-refractivity contribution in [1.82, 2.24) is 10.2 Å². The van der Waals surface area contributed by atoms with Crippen LogP contribution in [-0.4, -0.2) is 49.4 Å². The molecule has 31 heavy (non-hydrogen) atoms. The molecule has 1 saturated heterocycles. The van der Waals surface area contributed by atoms with Gasteiger partial charge in [0, 0.05) is 18.2 Å². The van der Waals surface area contributed by atoms with E-state index in [1.807, 2.05) is 12.1 Å². The molecule has 3 amide bonds. The zero-order valence-electron chi connectivity index (χ0n) is 17.5. The Kier molecular flexibility index (Phi) is 5.79. The Morgan fingerprint density at radius 1 is 1.13 bits per heavy atom. The topological polar surface area (TPSA) is 97.0 Å². The zero-order valence-corrected chi connectivity index (χ0v) is 17.5. The second-order valence-corrected chi connectivity index (χ2v) is 7.62. The summed E-state index contributed by atoms with van der Waals surface area (Å²) < 4.78 is 10.8. The monoisotopic (exact) mass is 423 g/mol. The fourth-order valence-corrected chi connectivity index (χ4v) is 4.23. The van der Waals surface area contributed by atoms with Gasteiger partial charge in [0.15, 0.2) is 0 Å². The van der Waals surface area contributed by atoms with E-state index in [2.05, 4.69) is 10.6 Å². The summed E-state index contributed by atoms with van der Waals surface area (Å²) in [6, 6.07) is 11.2. The molecule has 1 fully saturated rings. The number of methoxy groups -OCH3 is 2. The number of amides is 3. The molecule has 0 saturated carbocycles. The van der Waals surface area contributed by atoms with Crippen LogP contribution in [0.2, 0.25) is 0 Å². The first kappa shape index (κ1) is 20.7. The van der Waals surface area contributed by atoms with Crippen molar-refractivity contribution < 1.29 is 23.9 Å². The van der Waals surface area contributed by atoms with Gasteiger partial charge in [-0.3, -0.25) is 14.4 Å². The minimum absolute atomic E-state index is 0.111. The van der Waals surface area contributed by atoms with Gasteiger partial charge in [-0.1, -0.05) is 12.1 Å². The summed E-state index contributed by atoms with van der Waals surface area (Å²) in [7, 11) is 3.17. The van der Waals surface area contributed by atoms with Gasteiger partial charge in [0.1, 0.15) is 17.5 Å². The molecule has 0 radical (unpaired) electrons. The lowest BCUT2D eigenvalue weighted by Crippen LogP contribution is -2.45. The summed E-state index contributed by atoms with van der Waals surface area (Å²) in [5.41, 5.74) is 1.73. The van der Waals surface area contributed by atoms with Crippen molar-refractivity contribution in [3.63, 3.8) is 0 Å². The van der Waals surface area contributed by atoms with E-state index in [9.17, 15) is 14.4 Å². The van der Waals surface area contributed by atoms with Crippen LogP contribution in [-0.2, 0) is 9.59 Å². The first-order chi connectivity index (χ1) is 15.0. The molecule has 162 valence electrons. The van der Waals surface area contributed by atoms with Gasteiger partial charge in [-0.2, -0.15) is 0 Å². The fourth-order valence-electron chi connectivity index (χ4n) is 4.23. The molecule has 2 heterocycles. The molecule has 2 aromatic carbocycles. The Hall–Kier alpha value is -3.55. The lowest BCUT2D eigenvalue weighted by molar-refractivity contribution is -0.134. The predicted octanol–water partition coefficient (Wildman–Crippen LogP) is 2.51. The highest BCUT2D eigenvalue weighted by atomic mass is 16.5. The molecule has 2 aromatic rings. The Morgan fingerprint density at radius 2 is 1.94 bits per heavy atom. The molecule has 2 aliphatic heterocycles. The number of para-hydroxylation sites is 1. The summed E-state index contributed by atoms with van der Waals surface area (Å²) in [4.78, 5) is 40.2. The lowest BCUT2D eigenvalue weighted by atomic mass is 10.0. The van der Waals surface area contributed by atoms with Crippen LogP contribution in [0.4, 0.5) is 5.69 Å². The van der Waals surface area contributed by atoms with E-state index >= 15 is 0 Å². The number of benzene rings is 2. The molecule has 8 nitrogen and oxygen atoms in total. The van der Waals surface area contributed by atoms with Crippen molar-refractivity contribution in [3.05, 3.63) is 53.6 Å². The number of anilines is 1. The number of hydrogen-bond acceptors (Lipinski definition) is 5. The number of carbonyl (C=O) groups excluding carboxylic acids is 3. The average molecular weight is 423 g/mol. The van der Waals surface area contributed by atoms with Crippen LogP contribution in [0, 0.1) is 0 Å². The van der Waals surface area contributed by atoms with Crippen molar-refractivity contribution in [2.75, 3.05) is 26.1 Å². The van der Waals surface area contributed by atoms with Crippen molar-refractivity contribution in [1.29, 1.82) is 0 Å². The molecule has 2 N–H and O–H groups in total. The molecular formula is C23H25N3O5. The van der Waals surface area contributed by atoms with E-state index in [0.29, 0.717) is 29.3 Å². The van der Waals surface area contributed by atoms with Crippen molar-refractivity contribution in [2.24, 2.45) is 0 Å². The van der Waals surface area contributed by atoms with Crippen molar-refractivity contribution in [2.45, 2.75) is 31.3 Å². The maximum atomic E-state index is 13.2. The Balaban J connectivity index is 1.52. The number of rotatable bonds is 5. The maximum absolute atomic E-state index is 13.2. The highest BCUT2D eigenvalue weighted by molar-refractivity contribution is 6.10.